The molecular weight excluding hydrogens is 301 g/mol. The first-order chi connectivity index (χ1) is 11.0. The first kappa shape index (κ1) is 15.7. The molecule has 1 aromatic carbocycles. The van der Waals surface area contributed by atoms with E-state index >= 15 is 0 Å². The maximum Gasteiger partial charge on any atom is 0.321 e. The van der Waals surface area contributed by atoms with Crippen LogP contribution in [0.2, 0.25) is 0 Å². The van der Waals surface area contributed by atoms with Gasteiger partial charge in [-0.3, -0.25) is 9.69 Å². The molecule has 0 aromatic heterocycles. The predicted octanol–water partition coefficient (Wildman–Crippen LogP) is 1.20. The van der Waals surface area contributed by atoms with Crippen LogP contribution in [0.1, 0.15) is 23.7 Å². The highest BCUT2D eigenvalue weighted by molar-refractivity contribution is 5.98. The van der Waals surface area contributed by atoms with Crippen LogP contribution in [0, 0.1) is 11.7 Å². The number of carbonyl (C=O) groups is 2. The Kier molecular flexibility index (Phi) is 4.21. The highest BCUT2D eigenvalue weighted by Gasteiger charge is 2.30. The van der Waals surface area contributed by atoms with E-state index in [0.717, 1.165) is 0 Å². The van der Waals surface area contributed by atoms with Crippen LogP contribution in [-0.4, -0.2) is 54.2 Å². The fourth-order valence-corrected chi connectivity index (χ4v) is 2.97. The molecule has 124 valence electrons. The molecule has 2 aliphatic rings. The summed E-state index contributed by atoms with van der Waals surface area (Å²) in [5.74, 6) is -0.940. The number of amides is 3. The van der Waals surface area contributed by atoms with Gasteiger partial charge >= 0.3 is 6.03 Å². The van der Waals surface area contributed by atoms with E-state index in [1.807, 2.05) is 6.92 Å². The lowest BCUT2D eigenvalue weighted by atomic mass is 9.95. The maximum absolute atomic E-state index is 14.1. The first-order valence-electron chi connectivity index (χ1n) is 7.79. The van der Waals surface area contributed by atoms with Crippen molar-refractivity contribution in [1.82, 2.24) is 10.2 Å². The zero-order valence-electron chi connectivity index (χ0n) is 13.0. The number of benzene rings is 1. The number of anilines is 1. The number of nitrogens with one attached hydrogen (secondary N) is 1. The van der Waals surface area contributed by atoms with Gasteiger partial charge in [0.05, 0.1) is 11.7 Å². The van der Waals surface area contributed by atoms with Crippen molar-refractivity contribution in [2.45, 2.75) is 19.4 Å². The van der Waals surface area contributed by atoms with E-state index < -0.39 is 17.8 Å². The van der Waals surface area contributed by atoms with E-state index in [4.69, 9.17) is 0 Å². The van der Waals surface area contributed by atoms with Gasteiger partial charge in [-0.2, -0.15) is 0 Å². The number of urea groups is 1. The van der Waals surface area contributed by atoms with Crippen molar-refractivity contribution in [2.75, 3.05) is 31.1 Å². The second kappa shape index (κ2) is 6.16. The lowest BCUT2D eigenvalue weighted by Gasteiger charge is -2.34. The van der Waals surface area contributed by atoms with Gasteiger partial charge in [0.2, 0.25) is 0 Å². The van der Waals surface area contributed by atoms with Crippen LogP contribution in [0.5, 0.6) is 0 Å². The molecular formula is C16H20FN3O3. The monoisotopic (exact) mass is 321 g/mol. The summed E-state index contributed by atoms with van der Waals surface area (Å²) in [5.41, 5.74) is 0.430. The Morgan fingerprint density at radius 2 is 2.17 bits per heavy atom. The topological polar surface area (TPSA) is 72.9 Å². The van der Waals surface area contributed by atoms with Gasteiger partial charge in [-0.1, -0.05) is 6.92 Å². The van der Waals surface area contributed by atoms with Gasteiger partial charge in [0.15, 0.2) is 0 Å². The minimum Gasteiger partial charge on any atom is -0.391 e. The number of piperidine rings is 1. The van der Waals surface area contributed by atoms with Gasteiger partial charge < -0.3 is 15.3 Å². The van der Waals surface area contributed by atoms with Crippen LogP contribution >= 0.6 is 0 Å². The molecule has 0 saturated carbocycles. The van der Waals surface area contributed by atoms with Crippen LogP contribution in [0.4, 0.5) is 14.9 Å². The molecule has 23 heavy (non-hydrogen) atoms. The summed E-state index contributed by atoms with van der Waals surface area (Å²) in [6.07, 6.45) is 0.0891. The van der Waals surface area contributed by atoms with Crippen molar-refractivity contribution >= 4 is 17.6 Å². The molecule has 2 atom stereocenters. The van der Waals surface area contributed by atoms with Crippen LogP contribution in [0.25, 0.3) is 0 Å². The Labute approximate surface area is 133 Å². The Morgan fingerprint density at radius 3 is 2.83 bits per heavy atom. The van der Waals surface area contributed by atoms with E-state index in [1.165, 1.54) is 28.0 Å². The molecule has 0 radical (unpaired) electrons. The predicted molar refractivity (Wildman–Crippen MR) is 82.8 cm³/mol. The summed E-state index contributed by atoms with van der Waals surface area (Å²) in [6, 6.07) is 3.85. The van der Waals surface area contributed by atoms with Gasteiger partial charge in [-0.05, 0) is 30.5 Å². The molecule has 2 unspecified atom stereocenters. The van der Waals surface area contributed by atoms with Crippen molar-refractivity contribution in [3.05, 3.63) is 29.6 Å². The summed E-state index contributed by atoms with van der Waals surface area (Å²) in [4.78, 5) is 27.2. The highest BCUT2D eigenvalue weighted by atomic mass is 19.1. The van der Waals surface area contributed by atoms with Crippen molar-refractivity contribution < 1.29 is 19.1 Å². The molecule has 0 spiro atoms. The quantitative estimate of drug-likeness (QED) is 0.860. The minimum atomic E-state index is -0.619. The van der Waals surface area contributed by atoms with E-state index in [-0.39, 0.29) is 24.1 Å². The van der Waals surface area contributed by atoms with Crippen LogP contribution in [0.3, 0.4) is 0 Å². The number of hydrogen-bond donors (Lipinski definition) is 2. The van der Waals surface area contributed by atoms with Crippen molar-refractivity contribution in [1.29, 1.82) is 0 Å². The lowest BCUT2D eigenvalue weighted by molar-refractivity contribution is 0.0246. The van der Waals surface area contributed by atoms with Crippen molar-refractivity contribution in [3.63, 3.8) is 0 Å². The molecule has 2 saturated heterocycles. The van der Waals surface area contributed by atoms with E-state index in [2.05, 4.69) is 5.32 Å². The molecule has 2 N–H and O–H groups in total. The molecule has 0 bridgehead atoms. The number of rotatable bonds is 2. The lowest BCUT2D eigenvalue weighted by Crippen LogP contribution is -2.46. The fourth-order valence-electron chi connectivity index (χ4n) is 2.97. The van der Waals surface area contributed by atoms with E-state index in [1.54, 1.807) is 0 Å². The molecule has 2 fully saturated rings. The number of β-amino-alcohol motifs (C(OH)–C–C–N with tert-alkyl or cyclic N) is 1. The summed E-state index contributed by atoms with van der Waals surface area (Å²) in [5, 5.41) is 12.6. The van der Waals surface area contributed by atoms with Gasteiger partial charge in [0, 0.05) is 31.9 Å². The normalized spacial score (nSPS) is 24.7. The molecule has 2 aliphatic heterocycles. The average molecular weight is 321 g/mol. The Balaban J connectivity index is 1.84. The summed E-state index contributed by atoms with van der Waals surface area (Å²) < 4.78 is 14.1. The second-order valence-electron chi connectivity index (χ2n) is 6.13. The van der Waals surface area contributed by atoms with E-state index in [0.29, 0.717) is 31.7 Å². The zero-order chi connectivity index (χ0) is 16.6. The third-order valence-corrected chi connectivity index (χ3v) is 4.55. The number of hydrogen-bond acceptors (Lipinski definition) is 3. The zero-order valence-corrected chi connectivity index (χ0v) is 13.0. The standard InChI is InChI=1S/C16H20FN3O3/c1-10-4-6-19(9-14(10)21)15(22)12-8-11(2-3-13(12)17)20-7-5-18-16(20)23/h2-3,8,10,14,21H,4-7,9H2,1H3,(H,18,23). The van der Waals surface area contributed by atoms with Crippen LogP contribution < -0.4 is 10.2 Å². The summed E-state index contributed by atoms with van der Waals surface area (Å²) in [7, 11) is 0. The molecule has 2 heterocycles. The smallest absolute Gasteiger partial charge is 0.321 e. The van der Waals surface area contributed by atoms with Gasteiger partial charge in [-0.25, -0.2) is 9.18 Å². The van der Waals surface area contributed by atoms with Crippen molar-refractivity contribution in [2.24, 2.45) is 5.92 Å². The SMILES string of the molecule is CC1CCN(C(=O)c2cc(N3CCNC3=O)ccc2F)CC1O. The number of nitrogens with zero attached hydrogens (tertiary/aromatic N) is 2. The minimum absolute atomic E-state index is 0.0658. The third kappa shape index (κ3) is 3.01. The first-order valence-corrected chi connectivity index (χ1v) is 7.79. The second-order valence-corrected chi connectivity index (χ2v) is 6.13. The Hall–Kier alpha value is -2.15. The molecule has 0 aliphatic carbocycles. The summed E-state index contributed by atoms with van der Waals surface area (Å²) >= 11 is 0. The number of likely N-dealkylation sites (tertiary alicyclic amines) is 1. The molecule has 3 amide bonds. The maximum atomic E-state index is 14.1. The van der Waals surface area contributed by atoms with Gasteiger partial charge in [-0.15, -0.1) is 0 Å². The largest absolute Gasteiger partial charge is 0.391 e. The third-order valence-electron chi connectivity index (χ3n) is 4.55. The molecule has 1 aromatic rings. The Morgan fingerprint density at radius 1 is 1.39 bits per heavy atom. The molecule has 7 heteroatoms. The van der Waals surface area contributed by atoms with Crippen molar-refractivity contribution in [3.8, 4) is 0 Å². The number of aliphatic hydroxyl groups excluding tert-OH is 1. The van der Waals surface area contributed by atoms with Crippen LogP contribution in [-0.2, 0) is 0 Å². The number of carbonyl (C=O) groups excluding carboxylic acids is 2. The van der Waals surface area contributed by atoms with Gasteiger partial charge in [0.1, 0.15) is 5.82 Å². The number of aliphatic hydroxyl groups is 1. The van der Waals surface area contributed by atoms with E-state index in [9.17, 15) is 19.1 Å². The molecule has 3 rings (SSSR count). The van der Waals surface area contributed by atoms with Gasteiger partial charge in [0.25, 0.3) is 5.91 Å². The highest BCUT2D eigenvalue weighted by Crippen LogP contribution is 2.24. The van der Waals surface area contributed by atoms with Crippen LogP contribution in [0.15, 0.2) is 18.2 Å². The summed E-state index contributed by atoms with van der Waals surface area (Å²) in [6.45, 7) is 3.63. The average Bonchev–Trinajstić information content (AvgIpc) is 2.96. The number of halogens is 1. The fraction of sp³-hybridized carbons (Fsp3) is 0.500. The Bertz CT molecular complexity index is 637. The molecule has 6 nitrogen and oxygen atoms in total.